The fourth-order valence-corrected chi connectivity index (χ4v) is 11.0. The fraction of sp³-hybridized carbons (Fsp3) is 0.0149. The van der Waals surface area contributed by atoms with Crippen LogP contribution in [0.5, 0.6) is 0 Å². The van der Waals surface area contributed by atoms with Crippen LogP contribution in [-0.4, -0.2) is 0 Å². The molecule has 0 bridgehead atoms. The lowest BCUT2D eigenvalue weighted by Gasteiger charge is -2.34. The maximum absolute atomic E-state index is 6.57. The van der Waals surface area contributed by atoms with Gasteiger partial charge in [-0.1, -0.05) is 224 Å². The van der Waals surface area contributed by atoms with E-state index in [2.05, 4.69) is 278 Å². The third-order valence-electron chi connectivity index (χ3n) is 14.2. The van der Waals surface area contributed by atoms with Crippen molar-refractivity contribution in [2.24, 2.45) is 0 Å². The van der Waals surface area contributed by atoms with Crippen LogP contribution in [0.2, 0.25) is 0 Å². The topological polar surface area (TPSA) is 16.4 Å². The van der Waals surface area contributed by atoms with Gasteiger partial charge in [-0.2, -0.15) is 0 Å². The maximum atomic E-state index is 6.57. The highest BCUT2D eigenvalue weighted by Gasteiger charge is 2.47. The van der Waals surface area contributed by atoms with E-state index in [4.69, 9.17) is 4.42 Å². The lowest BCUT2D eigenvalue weighted by molar-refractivity contribution is 0.670. The summed E-state index contributed by atoms with van der Waals surface area (Å²) in [5.74, 6) is 0. The average molecular weight is 880 g/mol. The predicted molar refractivity (Wildman–Crippen MR) is 287 cm³/mol. The van der Waals surface area contributed by atoms with Crippen molar-refractivity contribution in [2.75, 3.05) is 4.90 Å². The van der Waals surface area contributed by atoms with Crippen LogP contribution >= 0.6 is 0 Å². The number of hydrogen-bond donors (Lipinski definition) is 0. The first-order valence-electron chi connectivity index (χ1n) is 23.7. The van der Waals surface area contributed by atoms with E-state index in [9.17, 15) is 0 Å². The van der Waals surface area contributed by atoms with Crippen molar-refractivity contribution in [2.45, 2.75) is 5.41 Å². The Balaban J connectivity index is 0.965. The van der Waals surface area contributed by atoms with E-state index < -0.39 is 5.41 Å². The average Bonchev–Trinajstić information content (AvgIpc) is 3.96. The quantitative estimate of drug-likeness (QED) is 0.144. The molecule has 2 nitrogen and oxygen atoms in total. The molecule has 2 heteroatoms. The SMILES string of the molecule is c1ccc(-c2cccc(-c3ccc(N(c4ccc(-c5ccc6oc7c(-c8ccccc8)cccc7c6c5)cc4)c4cccc5c4-c4ccccc4C5(c4ccccc4)c4ccccc4)cc3)c2)cc1. The molecule has 11 aromatic carbocycles. The summed E-state index contributed by atoms with van der Waals surface area (Å²) >= 11 is 0. The van der Waals surface area contributed by atoms with E-state index in [-0.39, 0.29) is 0 Å². The molecule has 0 fully saturated rings. The fourth-order valence-electron chi connectivity index (χ4n) is 11.0. The Morgan fingerprint density at radius 2 is 0.768 bits per heavy atom. The first kappa shape index (κ1) is 40.3. The zero-order valence-corrected chi connectivity index (χ0v) is 37.8. The first-order valence-corrected chi connectivity index (χ1v) is 23.7. The summed E-state index contributed by atoms with van der Waals surface area (Å²) in [5.41, 5.74) is 21.4. The number of hydrogen-bond acceptors (Lipinski definition) is 2. The lowest BCUT2D eigenvalue weighted by Crippen LogP contribution is -2.28. The van der Waals surface area contributed by atoms with E-state index in [0.717, 1.165) is 61.3 Å². The number of benzene rings is 11. The third kappa shape index (κ3) is 6.72. The summed E-state index contributed by atoms with van der Waals surface area (Å²) in [6.07, 6.45) is 0. The number of anilines is 3. The highest BCUT2D eigenvalue weighted by atomic mass is 16.3. The molecule has 0 saturated heterocycles. The lowest BCUT2D eigenvalue weighted by atomic mass is 9.68. The van der Waals surface area contributed by atoms with Crippen LogP contribution in [0.1, 0.15) is 22.3 Å². The van der Waals surface area contributed by atoms with Gasteiger partial charge in [0.1, 0.15) is 11.2 Å². The normalized spacial score (nSPS) is 12.5. The zero-order valence-electron chi connectivity index (χ0n) is 37.8. The second-order valence-electron chi connectivity index (χ2n) is 18.0. The minimum atomic E-state index is -0.522. The molecule has 12 aromatic rings. The van der Waals surface area contributed by atoms with Gasteiger partial charge in [-0.3, -0.25) is 0 Å². The molecule has 1 aliphatic rings. The van der Waals surface area contributed by atoms with E-state index in [1.54, 1.807) is 0 Å². The standard InChI is InChI=1S/C67H45NO/c1-5-18-46(19-6-1)50-22-15-23-51(44-50)47-34-39-55(40-35-47)68(56-41-36-48(37-42-56)52-38-43-64-60(45-52)58-30-16-29-57(66(58)69-64)49-20-7-2-8-21-49)63-33-17-32-62-65(63)59-28-13-14-31-61(59)67(62,53-24-9-3-10-25-53)54-26-11-4-12-27-54/h1-45H. The molecule has 1 aliphatic carbocycles. The van der Waals surface area contributed by atoms with Crippen molar-refractivity contribution < 1.29 is 4.42 Å². The van der Waals surface area contributed by atoms with Gasteiger partial charge in [0, 0.05) is 33.3 Å². The molecule has 0 spiro atoms. The maximum Gasteiger partial charge on any atom is 0.143 e. The van der Waals surface area contributed by atoms with Crippen molar-refractivity contribution in [3.8, 4) is 55.6 Å². The summed E-state index contributed by atoms with van der Waals surface area (Å²) in [6, 6.07) is 99.1. The Morgan fingerprint density at radius 3 is 1.41 bits per heavy atom. The first-order chi connectivity index (χ1) is 34.2. The summed E-state index contributed by atoms with van der Waals surface area (Å²) < 4.78 is 6.57. The Morgan fingerprint density at radius 1 is 0.304 bits per heavy atom. The van der Waals surface area contributed by atoms with Crippen LogP contribution in [0.15, 0.2) is 277 Å². The van der Waals surface area contributed by atoms with Gasteiger partial charge in [0.25, 0.3) is 0 Å². The van der Waals surface area contributed by atoms with Crippen molar-refractivity contribution in [1.29, 1.82) is 0 Å². The van der Waals surface area contributed by atoms with Gasteiger partial charge in [-0.25, -0.2) is 0 Å². The highest BCUT2D eigenvalue weighted by molar-refractivity contribution is 6.10. The Labute approximate surface area is 402 Å². The monoisotopic (exact) mass is 879 g/mol. The molecule has 1 aromatic heterocycles. The second-order valence-corrected chi connectivity index (χ2v) is 18.0. The van der Waals surface area contributed by atoms with E-state index in [1.807, 2.05) is 0 Å². The Hall–Kier alpha value is -8.98. The molecule has 0 amide bonds. The molecule has 0 radical (unpaired) electrons. The van der Waals surface area contributed by atoms with Crippen LogP contribution in [0.4, 0.5) is 17.1 Å². The Bertz CT molecular complexity index is 3760. The Kier molecular flexibility index (Phi) is 9.77. The molecule has 324 valence electrons. The molecular weight excluding hydrogens is 835 g/mol. The molecule has 0 aliphatic heterocycles. The van der Waals surface area contributed by atoms with Crippen LogP contribution in [0.25, 0.3) is 77.6 Å². The second kappa shape index (κ2) is 16.7. The van der Waals surface area contributed by atoms with E-state index in [0.29, 0.717) is 0 Å². The van der Waals surface area contributed by atoms with Crippen LogP contribution in [0.3, 0.4) is 0 Å². The molecule has 0 N–H and O–H groups in total. The van der Waals surface area contributed by atoms with Crippen molar-refractivity contribution in [1.82, 2.24) is 0 Å². The summed E-state index contributed by atoms with van der Waals surface area (Å²) in [7, 11) is 0. The molecular formula is C67H45NO. The van der Waals surface area contributed by atoms with Crippen molar-refractivity contribution >= 4 is 39.0 Å². The van der Waals surface area contributed by atoms with E-state index >= 15 is 0 Å². The minimum absolute atomic E-state index is 0.522. The van der Waals surface area contributed by atoms with Crippen LogP contribution in [0, 0.1) is 0 Å². The predicted octanol–water partition coefficient (Wildman–Crippen LogP) is 18.1. The number of nitrogens with zero attached hydrogens (tertiary/aromatic N) is 1. The third-order valence-corrected chi connectivity index (χ3v) is 14.2. The van der Waals surface area contributed by atoms with Gasteiger partial charge in [0.15, 0.2) is 0 Å². The molecule has 69 heavy (non-hydrogen) atoms. The highest BCUT2D eigenvalue weighted by Crippen LogP contribution is 2.59. The molecule has 13 rings (SSSR count). The number of fused-ring (bicyclic) bond motifs is 6. The summed E-state index contributed by atoms with van der Waals surface area (Å²) in [4.78, 5) is 2.45. The molecule has 1 heterocycles. The number of rotatable bonds is 9. The van der Waals surface area contributed by atoms with Gasteiger partial charge < -0.3 is 9.32 Å². The molecule has 0 atom stereocenters. The largest absolute Gasteiger partial charge is 0.455 e. The van der Waals surface area contributed by atoms with Crippen molar-refractivity contribution in [3.05, 3.63) is 295 Å². The van der Waals surface area contributed by atoms with Crippen molar-refractivity contribution in [3.63, 3.8) is 0 Å². The van der Waals surface area contributed by atoms with Gasteiger partial charge in [0.05, 0.1) is 11.1 Å². The van der Waals surface area contributed by atoms with Gasteiger partial charge in [-0.05, 0) is 115 Å². The van der Waals surface area contributed by atoms with Gasteiger partial charge in [0.2, 0.25) is 0 Å². The summed E-state index contributed by atoms with van der Waals surface area (Å²) in [6.45, 7) is 0. The zero-order chi connectivity index (χ0) is 45.7. The molecule has 0 unspecified atom stereocenters. The summed E-state index contributed by atoms with van der Waals surface area (Å²) in [5, 5.41) is 2.23. The van der Waals surface area contributed by atoms with Crippen LogP contribution < -0.4 is 4.90 Å². The molecule has 0 saturated carbocycles. The van der Waals surface area contributed by atoms with Crippen LogP contribution in [-0.2, 0) is 5.41 Å². The minimum Gasteiger partial charge on any atom is -0.455 e. The van der Waals surface area contributed by atoms with E-state index in [1.165, 1.54) is 55.6 Å². The number of furan rings is 1. The van der Waals surface area contributed by atoms with Gasteiger partial charge in [-0.15, -0.1) is 0 Å². The van der Waals surface area contributed by atoms with Gasteiger partial charge >= 0.3 is 0 Å². The smallest absolute Gasteiger partial charge is 0.143 e. The number of para-hydroxylation sites is 1.